The highest BCUT2D eigenvalue weighted by molar-refractivity contribution is 7.88. The first-order valence-corrected chi connectivity index (χ1v) is 10.6. The Morgan fingerprint density at radius 1 is 1.07 bits per heavy atom. The van der Waals surface area contributed by atoms with Crippen LogP contribution in [0.2, 0.25) is 0 Å². The Morgan fingerprint density at radius 2 is 1.64 bits per heavy atom. The first kappa shape index (κ1) is 21.7. The van der Waals surface area contributed by atoms with E-state index in [0.717, 1.165) is 10.6 Å². The molecule has 0 radical (unpaired) electrons. The molecule has 0 fully saturated rings. The summed E-state index contributed by atoms with van der Waals surface area (Å²) in [5.41, 5.74) is 0.589. The summed E-state index contributed by atoms with van der Waals surface area (Å²) in [6.45, 7) is 1.99. The van der Waals surface area contributed by atoms with Crippen LogP contribution in [-0.2, 0) is 14.8 Å². The summed E-state index contributed by atoms with van der Waals surface area (Å²) in [4.78, 5) is 12.9. The van der Waals surface area contributed by atoms with Crippen molar-refractivity contribution >= 4 is 15.9 Å². The van der Waals surface area contributed by atoms with Gasteiger partial charge in [-0.15, -0.1) is 0 Å². The Hall–Kier alpha value is -2.58. The normalized spacial score (nSPS) is 13.6. The van der Waals surface area contributed by atoms with Crippen molar-refractivity contribution < 1.29 is 22.7 Å². The lowest BCUT2D eigenvalue weighted by atomic mass is 10.1. The van der Waals surface area contributed by atoms with Gasteiger partial charge in [-0.3, -0.25) is 4.79 Å². The van der Waals surface area contributed by atoms with Crippen molar-refractivity contribution in [1.82, 2.24) is 9.62 Å². The van der Waals surface area contributed by atoms with Crippen molar-refractivity contribution in [2.24, 2.45) is 0 Å². The van der Waals surface area contributed by atoms with Crippen LogP contribution in [0.3, 0.4) is 0 Å². The molecule has 0 saturated carbocycles. The minimum Gasteiger partial charge on any atom is -0.493 e. The Bertz CT molecular complexity index is 886. The number of benzene rings is 2. The molecule has 1 N–H and O–H groups in total. The van der Waals surface area contributed by atoms with Crippen molar-refractivity contribution in [3.05, 3.63) is 60.2 Å². The second-order valence-corrected chi connectivity index (χ2v) is 8.51. The summed E-state index contributed by atoms with van der Waals surface area (Å²) in [6, 6.07) is 14.7. The quantitative estimate of drug-likeness (QED) is 0.690. The molecule has 1 amide bonds. The summed E-state index contributed by atoms with van der Waals surface area (Å²) in [5, 5.41) is 2.83. The fraction of sp³-hybridized carbons (Fsp3) is 0.350. The molecule has 2 unspecified atom stereocenters. The van der Waals surface area contributed by atoms with Gasteiger partial charge in [0.25, 0.3) is 0 Å². The number of likely N-dealkylation sites (N-methyl/N-ethyl adjacent to an activating group) is 1. The standard InChI is InChI=1S/C20H26N2O5S/c1-15(14-27-18-13-9-8-12-17(18)26-3)21-20(23)19(22(2)28(4,24)25)16-10-6-5-7-11-16/h5-13,15,19H,14H2,1-4H3,(H,21,23). The third kappa shape index (κ3) is 5.71. The van der Waals surface area contributed by atoms with Crippen LogP contribution in [0.4, 0.5) is 0 Å². The largest absolute Gasteiger partial charge is 0.493 e. The fourth-order valence-corrected chi connectivity index (χ4v) is 3.27. The van der Waals surface area contributed by atoms with Crippen LogP contribution in [-0.4, -0.2) is 51.7 Å². The highest BCUT2D eigenvalue weighted by Gasteiger charge is 2.31. The number of hydrogen-bond acceptors (Lipinski definition) is 5. The minimum absolute atomic E-state index is 0.205. The molecule has 0 spiro atoms. The second kappa shape index (κ2) is 9.57. The monoisotopic (exact) mass is 406 g/mol. The van der Waals surface area contributed by atoms with E-state index in [1.54, 1.807) is 50.4 Å². The molecule has 152 valence electrons. The third-order valence-electron chi connectivity index (χ3n) is 4.20. The number of nitrogens with one attached hydrogen (secondary N) is 1. The van der Waals surface area contributed by atoms with Gasteiger partial charge in [0.2, 0.25) is 15.9 Å². The van der Waals surface area contributed by atoms with E-state index in [2.05, 4.69) is 5.32 Å². The maximum absolute atomic E-state index is 12.9. The zero-order chi connectivity index (χ0) is 20.7. The van der Waals surface area contributed by atoms with Gasteiger partial charge < -0.3 is 14.8 Å². The SMILES string of the molecule is COc1ccccc1OCC(C)NC(=O)C(c1ccccc1)N(C)S(C)(=O)=O. The predicted molar refractivity (Wildman–Crippen MR) is 108 cm³/mol. The summed E-state index contributed by atoms with van der Waals surface area (Å²) in [7, 11) is -0.625. The minimum atomic E-state index is -3.57. The molecule has 0 bridgehead atoms. The van der Waals surface area contributed by atoms with Gasteiger partial charge in [-0.1, -0.05) is 42.5 Å². The van der Waals surface area contributed by atoms with E-state index in [-0.39, 0.29) is 12.6 Å². The summed E-state index contributed by atoms with van der Waals surface area (Å²) >= 11 is 0. The smallest absolute Gasteiger partial charge is 0.243 e. The first-order chi connectivity index (χ1) is 13.2. The van der Waals surface area contributed by atoms with E-state index in [1.807, 2.05) is 18.2 Å². The van der Waals surface area contributed by atoms with Crippen LogP contribution in [0.15, 0.2) is 54.6 Å². The van der Waals surface area contributed by atoms with Gasteiger partial charge in [-0.05, 0) is 24.6 Å². The van der Waals surface area contributed by atoms with Crippen LogP contribution in [0.5, 0.6) is 11.5 Å². The molecule has 8 heteroatoms. The summed E-state index contributed by atoms with van der Waals surface area (Å²) in [6.07, 6.45) is 1.07. The van der Waals surface area contributed by atoms with Gasteiger partial charge in [0, 0.05) is 7.05 Å². The molecule has 0 aromatic heterocycles. The van der Waals surface area contributed by atoms with E-state index >= 15 is 0 Å². The zero-order valence-electron chi connectivity index (χ0n) is 16.5. The van der Waals surface area contributed by atoms with Gasteiger partial charge in [0.15, 0.2) is 11.5 Å². The molecular formula is C20H26N2O5S. The number of carbonyl (C=O) groups is 1. The molecule has 0 aliphatic heterocycles. The third-order valence-corrected chi connectivity index (χ3v) is 5.45. The molecule has 0 saturated heterocycles. The number of rotatable bonds is 9. The van der Waals surface area contributed by atoms with Gasteiger partial charge in [-0.2, -0.15) is 4.31 Å². The molecule has 2 aromatic carbocycles. The first-order valence-electron chi connectivity index (χ1n) is 8.78. The molecule has 2 atom stereocenters. The molecular weight excluding hydrogens is 380 g/mol. The number of carbonyl (C=O) groups excluding carboxylic acids is 1. The topological polar surface area (TPSA) is 84.9 Å². The van der Waals surface area contributed by atoms with Crippen molar-refractivity contribution in [1.29, 1.82) is 0 Å². The molecule has 28 heavy (non-hydrogen) atoms. The number of sulfonamides is 1. The van der Waals surface area contributed by atoms with Gasteiger partial charge in [0.05, 0.1) is 19.4 Å². The van der Waals surface area contributed by atoms with Crippen LogP contribution >= 0.6 is 0 Å². The molecule has 0 aliphatic carbocycles. The number of hydrogen-bond donors (Lipinski definition) is 1. The number of methoxy groups -OCH3 is 1. The Kier molecular flexibility index (Phi) is 7.42. The van der Waals surface area contributed by atoms with Crippen molar-refractivity contribution in [3.63, 3.8) is 0 Å². The van der Waals surface area contributed by atoms with E-state index in [0.29, 0.717) is 17.1 Å². The molecule has 7 nitrogen and oxygen atoms in total. The lowest BCUT2D eigenvalue weighted by Gasteiger charge is -2.27. The second-order valence-electron chi connectivity index (χ2n) is 6.46. The van der Waals surface area contributed by atoms with E-state index in [9.17, 15) is 13.2 Å². The number of nitrogens with zero attached hydrogens (tertiary/aromatic N) is 1. The Labute approximate surface area is 166 Å². The lowest BCUT2D eigenvalue weighted by molar-refractivity contribution is -0.125. The van der Waals surface area contributed by atoms with Crippen molar-refractivity contribution in [2.75, 3.05) is 27.0 Å². The number of amides is 1. The van der Waals surface area contributed by atoms with Crippen LogP contribution in [0, 0.1) is 0 Å². The fourth-order valence-electron chi connectivity index (χ4n) is 2.67. The van der Waals surface area contributed by atoms with Crippen LogP contribution < -0.4 is 14.8 Å². The summed E-state index contributed by atoms with van der Waals surface area (Å²) in [5.74, 6) is 0.745. The highest BCUT2D eigenvalue weighted by atomic mass is 32.2. The summed E-state index contributed by atoms with van der Waals surface area (Å²) < 4.78 is 36.1. The van der Waals surface area contributed by atoms with E-state index < -0.39 is 22.0 Å². The molecule has 0 heterocycles. The van der Waals surface area contributed by atoms with Gasteiger partial charge >= 0.3 is 0 Å². The highest BCUT2D eigenvalue weighted by Crippen LogP contribution is 2.26. The van der Waals surface area contributed by atoms with Gasteiger partial charge in [0.1, 0.15) is 12.6 Å². The molecule has 2 aromatic rings. The maximum atomic E-state index is 12.9. The number of para-hydroxylation sites is 2. The average Bonchev–Trinajstić information content (AvgIpc) is 2.66. The molecule has 2 rings (SSSR count). The average molecular weight is 407 g/mol. The predicted octanol–water partition coefficient (Wildman–Crippen LogP) is 2.21. The lowest BCUT2D eigenvalue weighted by Crippen LogP contribution is -2.45. The Balaban J connectivity index is 2.10. The van der Waals surface area contributed by atoms with Crippen LogP contribution in [0.1, 0.15) is 18.5 Å². The Morgan fingerprint density at radius 3 is 2.21 bits per heavy atom. The zero-order valence-corrected chi connectivity index (χ0v) is 17.3. The van der Waals surface area contributed by atoms with Crippen molar-refractivity contribution in [2.45, 2.75) is 19.0 Å². The maximum Gasteiger partial charge on any atom is 0.243 e. The van der Waals surface area contributed by atoms with Gasteiger partial charge in [-0.25, -0.2) is 8.42 Å². The van der Waals surface area contributed by atoms with E-state index in [1.165, 1.54) is 7.05 Å². The van der Waals surface area contributed by atoms with Crippen molar-refractivity contribution in [3.8, 4) is 11.5 Å². The van der Waals surface area contributed by atoms with Crippen LogP contribution in [0.25, 0.3) is 0 Å². The number of ether oxygens (including phenoxy) is 2. The van der Waals surface area contributed by atoms with E-state index in [4.69, 9.17) is 9.47 Å². The molecule has 0 aliphatic rings.